The summed E-state index contributed by atoms with van der Waals surface area (Å²) in [5.74, 6) is -1.81. The number of hydrogen-bond donors (Lipinski definition) is 1. The van der Waals surface area contributed by atoms with E-state index in [9.17, 15) is 35.9 Å². The van der Waals surface area contributed by atoms with Gasteiger partial charge >= 0.3 is 12.4 Å². The second-order valence-electron chi connectivity index (χ2n) is 9.82. The molecule has 3 rings (SSSR count). The summed E-state index contributed by atoms with van der Waals surface area (Å²) in [6.45, 7) is 2.45. The Morgan fingerprint density at radius 3 is 1.73 bits per heavy atom. The summed E-state index contributed by atoms with van der Waals surface area (Å²) in [6, 6.07) is 18.2. The van der Waals surface area contributed by atoms with E-state index >= 15 is 0 Å². The van der Waals surface area contributed by atoms with Crippen LogP contribution in [0.2, 0.25) is 0 Å². The summed E-state index contributed by atoms with van der Waals surface area (Å²) in [5.41, 5.74) is -2.34. The summed E-state index contributed by atoms with van der Waals surface area (Å²) >= 11 is 0. The first-order valence-electron chi connectivity index (χ1n) is 13.3. The molecule has 0 aliphatic heterocycles. The number of amides is 2. The van der Waals surface area contributed by atoms with Gasteiger partial charge in [0, 0.05) is 37.5 Å². The van der Waals surface area contributed by atoms with E-state index in [4.69, 9.17) is 0 Å². The molecule has 4 nitrogen and oxygen atoms in total. The zero-order chi connectivity index (χ0) is 30.2. The molecule has 0 bridgehead atoms. The largest absolute Gasteiger partial charge is 0.416 e. The van der Waals surface area contributed by atoms with Crippen molar-refractivity contribution in [3.63, 3.8) is 0 Å². The Kier molecular flexibility index (Phi) is 10.6. The molecule has 0 spiro atoms. The Hall–Kier alpha value is -3.82. The molecule has 0 aliphatic rings. The van der Waals surface area contributed by atoms with E-state index < -0.39 is 46.9 Å². The standard InChI is InChI=1S/C31H32F6N2O2/c1-3-4-17-38-27(40)16-15-26(28(21-11-7-5-8-12-21)22-13-9-6-10-14-22)39(2)29(41)23-18-24(30(32,33)34)20-25(19-23)31(35,36)37/h5-14,18-20,26,28H,3-4,15-17H2,1-2H3,(H,38,40)/t26-/m0/s1. The van der Waals surface area contributed by atoms with E-state index in [0.717, 1.165) is 28.9 Å². The Balaban J connectivity index is 2.08. The molecular formula is C31H32F6N2O2. The van der Waals surface area contributed by atoms with Gasteiger partial charge in [-0.25, -0.2) is 0 Å². The Morgan fingerprint density at radius 2 is 1.29 bits per heavy atom. The van der Waals surface area contributed by atoms with Gasteiger partial charge in [0.25, 0.3) is 5.91 Å². The molecule has 1 N–H and O–H groups in total. The van der Waals surface area contributed by atoms with E-state index in [-0.39, 0.29) is 24.8 Å². The van der Waals surface area contributed by atoms with Gasteiger partial charge in [-0.2, -0.15) is 26.3 Å². The van der Waals surface area contributed by atoms with Crippen LogP contribution in [0.3, 0.4) is 0 Å². The van der Waals surface area contributed by atoms with Gasteiger partial charge in [-0.05, 0) is 42.2 Å². The van der Waals surface area contributed by atoms with E-state index in [2.05, 4.69) is 5.32 Å². The topological polar surface area (TPSA) is 49.4 Å². The predicted molar refractivity (Wildman–Crippen MR) is 144 cm³/mol. The normalized spacial score (nSPS) is 12.7. The monoisotopic (exact) mass is 578 g/mol. The molecule has 2 amide bonds. The highest BCUT2D eigenvalue weighted by Crippen LogP contribution is 2.38. The van der Waals surface area contributed by atoms with Crippen LogP contribution in [0.25, 0.3) is 0 Å². The molecule has 3 aromatic carbocycles. The fourth-order valence-electron chi connectivity index (χ4n) is 4.75. The quantitative estimate of drug-likeness (QED) is 0.187. The van der Waals surface area contributed by atoms with E-state index in [1.165, 1.54) is 7.05 Å². The van der Waals surface area contributed by atoms with Crippen LogP contribution in [0.1, 0.15) is 71.1 Å². The molecule has 0 radical (unpaired) electrons. The lowest BCUT2D eigenvalue weighted by Gasteiger charge is -2.36. The Morgan fingerprint density at radius 1 is 0.805 bits per heavy atom. The van der Waals surface area contributed by atoms with Gasteiger partial charge in [0.1, 0.15) is 0 Å². The third-order valence-electron chi connectivity index (χ3n) is 6.87. The molecule has 0 saturated carbocycles. The van der Waals surface area contributed by atoms with E-state index in [1.54, 1.807) is 36.4 Å². The predicted octanol–water partition coefficient (Wildman–Crippen LogP) is 7.69. The number of halogens is 6. The summed E-state index contributed by atoms with van der Waals surface area (Å²) in [5, 5.41) is 2.81. The van der Waals surface area contributed by atoms with Gasteiger partial charge < -0.3 is 10.2 Å². The van der Waals surface area contributed by atoms with Crippen molar-refractivity contribution in [2.24, 2.45) is 0 Å². The van der Waals surface area contributed by atoms with Crippen LogP contribution in [0.15, 0.2) is 78.9 Å². The van der Waals surface area contributed by atoms with Crippen molar-refractivity contribution in [3.05, 3.63) is 107 Å². The lowest BCUT2D eigenvalue weighted by molar-refractivity contribution is -0.143. The zero-order valence-corrected chi connectivity index (χ0v) is 22.7. The number of nitrogens with one attached hydrogen (secondary N) is 1. The maximum absolute atomic E-state index is 13.7. The minimum atomic E-state index is -5.10. The fourth-order valence-corrected chi connectivity index (χ4v) is 4.75. The van der Waals surface area contributed by atoms with Gasteiger partial charge in [-0.15, -0.1) is 0 Å². The van der Waals surface area contributed by atoms with E-state index in [1.807, 2.05) is 31.2 Å². The minimum absolute atomic E-state index is 0.00143. The molecule has 220 valence electrons. The number of carbonyl (C=O) groups excluding carboxylic acids is 2. The van der Waals surface area contributed by atoms with Crippen molar-refractivity contribution >= 4 is 11.8 Å². The molecule has 0 fully saturated rings. The fraction of sp³-hybridized carbons (Fsp3) is 0.355. The third-order valence-corrected chi connectivity index (χ3v) is 6.87. The van der Waals surface area contributed by atoms with Gasteiger partial charge in [-0.3, -0.25) is 9.59 Å². The minimum Gasteiger partial charge on any atom is -0.356 e. The maximum atomic E-state index is 13.7. The van der Waals surface area contributed by atoms with Crippen molar-refractivity contribution in [3.8, 4) is 0 Å². The lowest BCUT2D eigenvalue weighted by atomic mass is 9.82. The summed E-state index contributed by atoms with van der Waals surface area (Å²) < 4.78 is 81.2. The molecule has 0 aromatic heterocycles. The number of likely N-dealkylation sites (N-methyl/N-ethyl adjacent to an activating group) is 1. The number of nitrogens with zero attached hydrogens (tertiary/aromatic N) is 1. The highest BCUT2D eigenvalue weighted by molar-refractivity contribution is 5.95. The molecule has 3 aromatic rings. The molecule has 1 atom stereocenters. The smallest absolute Gasteiger partial charge is 0.356 e. The van der Waals surface area contributed by atoms with Gasteiger partial charge in [0.15, 0.2) is 0 Å². The lowest BCUT2D eigenvalue weighted by Crippen LogP contribution is -2.42. The second kappa shape index (κ2) is 13.7. The first-order chi connectivity index (χ1) is 19.3. The number of rotatable bonds is 11. The van der Waals surface area contributed by atoms with Crippen molar-refractivity contribution < 1.29 is 35.9 Å². The maximum Gasteiger partial charge on any atom is 0.416 e. The van der Waals surface area contributed by atoms with Crippen LogP contribution in [0.4, 0.5) is 26.3 Å². The molecule has 0 aliphatic carbocycles. The van der Waals surface area contributed by atoms with Crippen LogP contribution in [0, 0.1) is 0 Å². The molecule has 41 heavy (non-hydrogen) atoms. The van der Waals surface area contributed by atoms with Gasteiger partial charge in [0.05, 0.1) is 11.1 Å². The van der Waals surface area contributed by atoms with Crippen LogP contribution >= 0.6 is 0 Å². The van der Waals surface area contributed by atoms with E-state index in [0.29, 0.717) is 18.7 Å². The number of alkyl halides is 6. The summed E-state index contributed by atoms with van der Waals surface area (Å²) in [6.07, 6.45) is -8.43. The first kappa shape index (κ1) is 31.7. The van der Waals surface area contributed by atoms with Crippen molar-refractivity contribution in [2.75, 3.05) is 13.6 Å². The molecule has 10 heteroatoms. The van der Waals surface area contributed by atoms with Crippen molar-refractivity contribution in [1.82, 2.24) is 10.2 Å². The molecule has 0 saturated heterocycles. The zero-order valence-electron chi connectivity index (χ0n) is 22.7. The Bertz CT molecular complexity index is 1220. The van der Waals surface area contributed by atoms with Crippen LogP contribution < -0.4 is 5.32 Å². The summed E-state index contributed by atoms with van der Waals surface area (Å²) in [4.78, 5) is 27.4. The second-order valence-corrected chi connectivity index (χ2v) is 9.82. The number of carbonyl (C=O) groups is 2. The number of benzene rings is 3. The van der Waals surface area contributed by atoms with Crippen molar-refractivity contribution in [1.29, 1.82) is 0 Å². The van der Waals surface area contributed by atoms with Crippen LogP contribution in [-0.2, 0) is 17.1 Å². The molecule has 0 unspecified atom stereocenters. The highest BCUT2D eigenvalue weighted by Gasteiger charge is 2.39. The first-order valence-corrected chi connectivity index (χ1v) is 13.3. The number of unbranched alkanes of at least 4 members (excludes halogenated alkanes) is 1. The van der Waals surface area contributed by atoms with Gasteiger partial charge in [0.2, 0.25) is 5.91 Å². The van der Waals surface area contributed by atoms with Crippen molar-refractivity contribution in [2.45, 2.75) is 56.9 Å². The van der Waals surface area contributed by atoms with Crippen LogP contribution in [-0.4, -0.2) is 36.3 Å². The average Bonchev–Trinajstić information content (AvgIpc) is 2.94. The average molecular weight is 579 g/mol. The molecule has 0 heterocycles. The number of hydrogen-bond acceptors (Lipinski definition) is 2. The highest BCUT2D eigenvalue weighted by atomic mass is 19.4. The Labute approximate surface area is 235 Å². The third kappa shape index (κ3) is 8.58. The molecular weight excluding hydrogens is 546 g/mol. The SMILES string of the molecule is CCCCNC(=O)CC[C@@H](C(c1ccccc1)c1ccccc1)N(C)C(=O)c1cc(C(F)(F)F)cc(C(F)(F)F)c1. The van der Waals surface area contributed by atoms with Gasteiger partial charge in [-0.1, -0.05) is 74.0 Å². The van der Waals surface area contributed by atoms with Crippen LogP contribution in [0.5, 0.6) is 0 Å². The summed E-state index contributed by atoms with van der Waals surface area (Å²) in [7, 11) is 1.34.